The van der Waals surface area contributed by atoms with Gasteiger partial charge in [-0.1, -0.05) is 24.6 Å². The van der Waals surface area contributed by atoms with Crippen molar-refractivity contribution in [1.82, 2.24) is 4.90 Å². The molecule has 1 aromatic rings. The number of nitrogens with zero attached hydrogens (tertiary/aromatic N) is 2. The molecule has 1 saturated carbocycles. The van der Waals surface area contributed by atoms with Gasteiger partial charge in [0.2, 0.25) is 0 Å². The summed E-state index contributed by atoms with van der Waals surface area (Å²) in [6.07, 6.45) is 6.08. The smallest absolute Gasteiger partial charge is 0.339 e. The molecule has 136 valence electrons. The Balaban J connectivity index is 1.32. The zero-order valence-corrected chi connectivity index (χ0v) is 14.7. The van der Waals surface area contributed by atoms with Crippen molar-refractivity contribution in [3.63, 3.8) is 0 Å². The van der Waals surface area contributed by atoms with Crippen LogP contribution in [-0.2, 0) is 19.9 Å². The van der Waals surface area contributed by atoms with Gasteiger partial charge in [0.15, 0.2) is 5.60 Å². The first-order valence-electron chi connectivity index (χ1n) is 9.52. The van der Waals surface area contributed by atoms with Crippen LogP contribution in [0.4, 0.5) is 0 Å². The van der Waals surface area contributed by atoms with E-state index in [2.05, 4.69) is 4.99 Å². The van der Waals surface area contributed by atoms with Crippen LogP contribution in [0.5, 0.6) is 0 Å². The first-order valence-corrected chi connectivity index (χ1v) is 9.52. The number of aliphatic imine (C=N–C) groups is 1. The average molecular weight is 354 g/mol. The number of piperidine rings is 1. The third kappa shape index (κ3) is 2.20. The first-order chi connectivity index (χ1) is 12.6. The van der Waals surface area contributed by atoms with E-state index in [1.165, 1.54) is 0 Å². The molecule has 1 aliphatic carbocycles. The Bertz CT molecular complexity index is 802. The van der Waals surface area contributed by atoms with Gasteiger partial charge >= 0.3 is 5.97 Å². The first kappa shape index (κ1) is 15.9. The lowest BCUT2D eigenvalue weighted by molar-refractivity contribution is -0.133. The molecule has 1 aromatic carbocycles. The van der Waals surface area contributed by atoms with Crippen LogP contribution < -0.4 is 0 Å². The van der Waals surface area contributed by atoms with E-state index in [1.54, 1.807) is 0 Å². The molecule has 0 aromatic heterocycles. The average Bonchev–Trinajstić information content (AvgIpc) is 3.12. The number of amides is 1. The third-order valence-electron chi connectivity index (χ3n) is 6.30. The Hall–Kier alpha value is -2.37. The maximum absolute atomic E-state index is 12.5. The van der Waals surface area contributed by atoms with Gasteiger partial charge in [-0.05, 0) is 31.7 Å². The zero-order valence-electron chi connectivity index (χ0n) is 14.7. The molecule has 5 rings (SSSR count). The van der Waals surface area contributed by atoms with E-state index in [0.29, 0.717) is 37.5 Å². The number of fused-ring (bicyclic) bond motifs is 2. The maximum atomic E-state index is 12.5. The second-order valence-corrected chi connectivity index (χ2v) is 7.77. The monoisotopic (exact) mass is 354 g/mol. The van der Waals surface area contributed by atoms with Crippen LogP contribution in [0.2, 0.25) is 0 Å². The minimum atomic E-state index is -0.713. The molecule has 26 heavy (non-hydrogen) atoms. The molecule has 6 nitrogen and oxygen atoms in total. The highest BCUT2D eigenvalue weighted by atomic mass is 16.6. The SMILES string of the molecule is O=C1OC2(CCN(C3=NC(=O)C4(CCCCC4)O3)CC2)c2ccccc21. The van der Waals surface area contributed by atoms with E-state index in [9.17, 15) is 9.59 Å². The van der Waals surface area contributed by atoms with E-state index < -0.39 is 11.2 Å². The quantitative estimate of drug-likeness (QED) is 0.670. The number of ether oxygens (including phenoxy) is 2. The van der Waals surface area contributed by atoms with Gasteiger partial charge in [-0.2, -0.15) is 4.99 Å². The molecule has 0 unspecified atom stereocenters. The molecular weight excluding hydrogens is 332 g/mol. The number of amidine groups is 1. The van der Waals surface area contributed by atoms with Crippen LogP contribution in [0.3, 0.4) is 0 Å². The lowest BCUT2D eigenvalue weighted by Crippen LogP contribution is -2.47. The van der Waals surface area contributed by atoms with Crippen molar-refractivity contribution in [2.75, 3.05) is 13.1 Å². The summed E-state index contributed by atoms with van der Waals surface area (Å²) in [5.41, 5.74) is 0.399. The van der Waals surface area contributed by atoms with Crippen LogP contribution in [0.1, 0.15) is 60.9 Å². The van der Waals surface area contributed by atoms with Crippen molar-refractivity contribution in [3.8, 4) is 0 Å². The van der Waals surface area contributed by atoms with Gasteiger partial charge in [-0.3, -0.25) is 4.79 Å². The van der Waals surface area contributed by atoms with Crippen LogP contribution in [0, 0.1) is 0 Å². The van der Waals surface area contributed by atoms with E-state index >= 15 is 0 Å². The Labute approximate surface area is 152 Å². The molecule has 4 aliphatic rings. The summed E-state index contributed by atoms with van der Waals surface area (Å²) in [5.74, 6) is -0.357. The standard InChI is InChI=1S/C20H22N2O4/c23-16-14-6-2-3-7-15(14)19(25-16)10-12-22(13-11-19)18-21-17(24)20(26-18)8-4-1-5-9-20/h2-3,6-7H,1,4-5,8-13H2. The summed E-state index contributed by atoms with van der Waals surface area (Å²) in [6.45, 7) is 1.31. The normalized spacial score (nSPS) is 25.8. The molecular formula is C20H22N2O4. The molecule has 3 aliphatic heterocycles. The number of carbonyl (C=O) groups excluding carboxylic acids is 2. The summed E-state index contributed by atoms with van der Waals surface area (Å²) >= 11 is 0. The van der Waals surface area contributed by atoms with Crippen molar-refractivity contribution < 1.29 is 19.1 Å². The Morgan fingerprint density at radius 3 is 2.38 bits per heavy atom. The molecule has 2 fully saturated rings. The molecule has 2 spiro atoms. The minimum absolute atomic E-state index is 0.120. The van der Waals surface area contributed by atoms with Crippen molar-refractivity contribution in [3.05, 3.63) is 35.4 Å². The Kier molecular flexibility index (Phi) is 3.39. The molecule has 1 amide bonds. The van der Waals surface area contributed by atoms with Crippen molar-refractivity contribution >= 4 is 17.9 Å². The molecule has 0 atom stereocenters. The Morgan fingerprint density at radius 2 is 1.62 bits per heavy atom. The topological polar surface area (TPSA) is 68.2 Å². The lowest BCUT2D eigenvalue weighted by atomic mass is 9.84. The van der Waals surface area contributed by atoms with Crippen LogP contribution >= 0.6 is 0 Å². The zero-order chi connectivity index (χ0) is 17.8. The minimum Gasteiger partial charge on any atom is -0.450 e. The summed E-state index contributed by atoms with van der Waals surface area (Å²) in [7, 11) is 0. The van der Waals surface area contributed by atoms with E-state index in [0.717, 1.165) is 37.7 Å². The molecule has 0 N–H and O–H groups in total. The molecule has 0 radical (unpaired) electrons. The second kappa shape index (κ2) is 5.56. The lowest BCUT2D eigenvalue weighted by Gasteiger charge is -2.39. The van der Waals surface area contributed by atoms with Gasteiger partial charge in [0.25, 0.3) is 11.9 Å². The van der Waals surface area contributed by atoms with Gasteiger partial charge in [0, 0.05) is 31.5 Å². The molecule has 6 heteroatoms. The molecule has 3 heterocycles. The fourth-order valence-electron chi connectivity index (χ4n) is 4.78. The number of hydrogen-bond donors (Lipinski definition) is 0. The predicted octanol–water partition coefficient (Wildman–Crippen LogP) is 2.76. The largest absolute Gasteiger partial charge is 0.450 e. The van der Waals surface area contributed by atoms with Crippen LogP contribution in [-0.4, -0.2) is 41.5 Å². The summed E-state index contributed by atoms with van der Waals surface area (Å²) < 4.78 is 11.9. The van der Waals surface area contributed by atoms with Gasteiger partial charge in [0.05, 0.1) is 5.56 Å². The highest BCUT2D eigenvalue weighted by Crippen LogP contribution is 2.45. The number of likely N-dealkylation sites (tertiary alicyclic amines) is 1. The summed E-state index contributed by atoms with van der Waals surface area (Å²) in [5, 5.41) is 0. The number of rotatable bonds is 0. The van der Waals surface area contributed by atoms with E-state index in [4.69, 9.17) is 9.47 Å². The van der Waals surface area contributed by atoms with Gasteiger partial charge in [-0.15, -0.1) is 0 Å². The number of carbonyl (C=O) groups is 2. The molecule has 1 saturated heterocycles. The fraction of sp³-hybridized carbons (Fsp3) is 0.550. The maximum Gasteiger partial charge on any atom is 0.339 e. The molecule has 0 bridgehead atoms. The summed E-state index contributed by atoms with van der Waals surface area (Å²) in [6, 6.07) is 8.09. The third-order valence-corrected chi connectivity index (χ3v) is 6.30. The van der Waals surface area contributed by atoms with Crippen molar-refractivity contribution in [2.45, 2.75) is 56.1 Å². The van der Waals surface area contributed by atoms with Gasteiger partial charge < -0.3 is 14.4 Å². The Morgan fingerprint density at radius 1 is 0.885 bits per heavy atom. The number of hydrogen-bond acceptors (Lipinski definition) is 5. The van der Waals surface area contributed by atoms with Crippen molar-refractivity contribution in [1.29, 1.82) is 0 Å². The fourth-order valence-corrected chi connectivity index (χ4v) is 4.78. The van der Waals surface area contributed by atoms with Gasteiger partial charge in [0.1, 0.15) is 5.60 Å². The van der Waals surface area contributed by atoms with Crippen molar-refractivity contribution in [2.24, 2.45) is 4.99 Å². The van der Waals surface area contributed by atoms with Crippen LogP contribution in [0.25, 0.3) is 0 Å². The second-order valence-electron chi connectivity index (χ2n) is 7.77. The van der Waals surface area contributed by atoms with Crippen LogP contribution in [0.15, 0.2) is 29.3 Å². The predicted molar refractivity (Wildman–Crippen MR) is 93.7 cm³/mol. The van der Waals surface area contributed by atoms with E-state index in [1.807, 2.05) is 29.2 Å². The summed E-state index contributed by atoms with van der Waals surface area (Å²) in [4.78, 5) is 30.9. The number of benzene rings is 1. The highest BCUT2D eigenvalue weighted by Gasteiger charge is 2.51. The van der Waals surface area contributed by atoms with E-state index in [-0.39, 0.29) is 11.9 Å². The number of esters is 1. The highest BCUT2D eigenvalue weighted by molar-refractivity contribution is 6.01. The van der Waals surface area contributed by atoms with Gasteiger partial charge in [-0.25, -0.2) is 4.79 Å².